The van der Waals surface area contributed by atoms with Crippen LogP contribution in [-0.2, 0) is 4.79 Å². The molecule has 3 aromatic carbocycles. The van der Waals surface area contributed by atoms with E-state index in [9.17, 15) is 4.79 Å². The van der Waals surface area contributed by atoms with Crippen molar-refractivity contribution in [3.05, 3.63) is 95.6 Å². The normalized spacial score (nSPS) is 16.6. The van der Waals surface area contributed by atoms with Gasteiger partial charge in [0.2, 0.25) is 5.17 Å². The second kappa shape index (κ2) is 11.4. The Labute approximate surface area is 225 Å². The minimum absolute atomic E-state index is 0.0433. The van der Waals surface area contributed by atoms with E-state index in [0.29, 0.717) is 39.6 Å². The zero-order chi connectivity index (χ0) is 26.5. The number of hydrazone groups is 1. The third-order valence-electron chi connectivity index (χ3n) is 5.75. The fourth-order valence-corrected chi connectivity index (χ4v) is 4.68. The maximum absolute atomic E-state index is 12.8. The molecule has 0 fully saturated rings. The first-order valence-corrected chi connectivity index (χ1v) is 13.0. The maximum atomic E-state index is 12.8. The quantitative estimate of drug-likeness (QED) is 0.348. The van der Waals surface area contributed by atoms with Crippen LogP contribution in [0.2, 0.25) is 0 Å². The standard InChI is InChI=1S/C29H26N4O4S/c1-3-35-25-17-20(14-15-24(25)37-19(2)21-10-6-4-7-11-21)16-23-27(30)33-29(31-28(23)34)38-26(32-33)18-36-22-12-8-5-9-13-22/h4-17,19,30H,3,18H2,1-2H3/b23-16-,30-27?. The maximum Gasteiger partial charge on any atom is 0.283 e. The van der Waals surface area contributed by atoms with Gasteiger partial charge in [-0.15, -0.1) is 0 Å². The molecule has 0 radical (unpaired) electrons. The first-order chi connectivity index (χ1) is 18.5. The summed E-state index contributed by atoms with van der Waals surface area (Å²) < 4.78 is 17.8. The Hall–Kier alpha value is -4.37. The van der Waals surface area contributed by atoms with Gasteiger partial charge in [-0.3, -0.25) is 10.2 Å². The number of nitrogens with one attached hydrogen (secondary N) is 1. The summed E-state index contributed by atoms with van der Waals surface area (Å²) in [4.78, 5) is 17.0. The first kappa shape index (κ1) is 25.3. The summed E-state index contributed by atoms with van der Waals surface area (Å²) in [5.74, 6) is 1.33. The van der Waals surface area contributed by atoms with E-state index in [2.05, 4.69) is 10.1 Å². The third-order valence-corrected chi connectivity index (χ3v) is 6.64. The number of benzene rings is 3. The predicted octanol–water partition coefficient (Wildman–Crippen LogP) is 5.92. The monoisotopic (exact) mass is 526 g/mol. The van der Waals surface area contributed by atoms with E-state index >= 15 is 0 Å². The van der Waals surface area contributed by atoms with E-state index in [4.69, 9.17) is 19.6 Å². The Morgan fingerprint density at radius 2 is 1.74 bits per heavy atom. The summed E-state index contributed by atoms with van der Waals surface area (Å²) in [7, 11) is 0. The number of hydrogen-bond donors (Lipinski definition) is 1. The SMILES string of the molecule is CCOc1cc(/C=C2/C(=N)N3N=C(COc4ccccc4)SC3=NC2=O)ccc1OC(C)c1ccccc1. The molecule has 192 valence electrons. The molecule has 5 rings (SSSR count). The van der Waals surface area contributed by atoms with Crippen LogP contribution >= 0.6 is 11.8 Å². The van der Waals surface area contributed by atoms with Crippen molar-refractivity contribution in [1.82, 2.24) is 5.01 Å². The second-order valence-electron chi connectivity index (χ2n) is 8.43. The molecule has 38 heavy (non-hydrogen) atoms. The molecule has 0 saturated carbocycles. The molecule has 0 saturated heterocycles. The highest BCUT2D eigenvalue weighted by Crippen LogP contribution is 2.34. The molecule has 2 aliphatic rings. The average molecular weight is 527 g/mol. The molecular formula is C29H26N4O4S. The minimum Gasteiger partial charge on any atom is -0.490 e. The van der Waals surface area contributed by atoms with Gasteiger partial charge in [0.05, 0.1) is 12.2 Å². The summed E-state index contributed by atoms with van der Waals surface area (Å²) in [5, 5.41) is 15.4. The largest absolute Gasteiger partial charge is 0.490 e. The molecule has 1 unspecified atom stereocenters. The summed E-state index contributed by atoms with van der Waals surface area (Å²) in [6, 6.07) is 24.8. The summed E-state index contributed by atoms with van der Waals surface area (Å²) in [6.07, 6.45) is 1.45. The molecule has 2 heterocycles. The minimum atomic E-state index is -0.495. The van der Waals surface area contributed by atoms with Crippen LogP contribution in [0.4, 0.5) is 0 Å². The number of carbonyl (C=O) groups excluding carboxylic acids is 1. The van der Waals surface area contributed by atoms with Crippen molar-refractivity contribution in [2.45, 2.75) is 20.0 Å². The second-order valence-corrected chi connectivity index (χ2v) is 9.47. The fraction of sp³-hybridized carbons (Fsp3) is 0.172. The van der Waals surface area contributed by atoms with Crippen molar-refractivity contribution < 1.29 is 19.0 Å². The van der Waals surface area contributed by atoms with Crippen LogP contribution in [0, 0.1) is 5.41 Å². The van der Waals surface area contributed by atoms with Gasteiger partial charge in [0.15, 0.2) is 17.3 Å². The van der Waals surface area contributed by atoms with Crippen LogP contribution in [0.5, 0.6) is 17.2 Å². The Morgan fingerprint density at radius 3 is 2.47 bits per heavy atom. The number of aliphatic imine (C=N–C) groups is 1. The molecule has 1 atom stereocenters. The van der Waals surface area contributed by atoms with Crippen molar-refractivity contribution in [3.63, 3.8) is 0 Å². The highest BCUT2D eigenvalue weighted by molar-refractivity contribution is 8.27. The number of ether oxygens (including phenoxy) is 3. The van der Waals surface area contributed by atoms with Crippen LogP contribution in [0.1, 0.15) is 31.1 Å². The number of amides is 1. The van der Waals surface area contributed by atoms with Gasteiger partial charge < -0.3 is 14.2 Å². The average Bonchev–Trinajstić information content (AvgIpc) is 3.35. The van der Waals surface area contributed by atoms with Gasteiger partial charge in [-0.05, 0) is 67.1 Å². The molecule has 1 N–H and O–H groups in total. The van der Waals surface area contributed by atoms with Gasteiger partial charge >= 0.3 is 0 Å². The zero-order valence-electron chi connectivity index (χ0n) is 21.0. The van der Waals surface area contributed by atoms with E-state index in [1.807, 2.05) is 86.6 Å². The van der Waals surface area contributed by atoms with Crippen LogP contribution in [-0.4, -0.2) is 40.2 Å². The van der Waals surface area contributed by atoms with Gasteiger partial charge in [0, 0.05) is 0 Å². The molecule has 2 aliphatic heterocycles. The van der Waals surface area contributed by atoms with Gasteiger partial charge in [-0.25, -0.2) is 0 Å². The highest BCUT2D eigenvalue weighted by Gasteiger charge is 2.35. The summed E-state index contributed by atoms with van der Waals surface area (Å²) in [5.41, 5.74) is 1.87. The van der Waals surface area contributed by atoms with Crippen molar-refractivity contribution in [2.24, 2.45) is 10.1 Å². The highest BCUT2D eigenvalue weighted by atomic mass is 32.2. The molecule has 1 amide bonds. The summed E-state index contributed by atoms with van der Waals surface area (Å²) in [6.45, 7) is 4.54. The lowest BCUT2D eigenvalue weighted by Crippen LogP contribution is -2.35. The number of hydrogen-bond acceptors (Lipinski definition) is 7. The van der Waals surface area contributed by atoms with Crippen LogP contribution in [0.15, 0.2) is 94.5 Å². The van der Waals surface area contributed by atoms with Crippen molar-refractivity contribution in [1.29, 1.82) is 5.41 Å². The smallest absolute Gasteiger partial charge is 0.283 e. The lowest BCUT2D eigenvalue weighted by molar-refractivity contribution is -0.114. The van der Waals surface area contributed by atoms with Crippen LogP contribution in [0.3, 0.4) is 0 Å². The molecule has 0 aliphatic carbocycles. The lowest BCUT2D eigenvalue weighted by Gasteiger charge is -2.20. The molecular weight excluding hydrogens is 500 g/mol. The van der Waals surface area contributed by atoms with Gasteiger partial charge in [-0.2, -0.15) is 15.1 Å². The zero-order valence-corrected chi connectivity index (χ0v) is 21.8. The van der Waals surface area contributed by atoms with Crippen molar-refractivity contribution >= 4 is 39.8 Å². The van der Waals surface area contributed by atoms with Crippen molar-refractivity contribution in [2.75, 3.05) is 13.2 Å². The number of thioether (sulfide) groups is 1. The van der Waals surface area contributed by atoms with E-state index in [0.717, 1.165) is 5.56 Å². The molecule has 0 bridgehead atoms. The van der Waals surface area contributed by atoms with E-state index < -0.39 is 5.91 Å². The molecule has 0 aromatic heterocycles. The van der Waals surface area contributed by atoms with Gasteiger partial charge in [0.25, 0.3) is 5.91 Å². The molecule has 3 aromatic rings. The Balaban J connectivity index is 1.34. The number of fused-ring (bicyclic) bond motifs is 1. The van der Waals surface area contributed by atoms with Crippen LogP contribution in [0.25, 0.3) is 6.08 Å². The lowest BCUT2D eigenvalue weighted by atomic mass is 10.1. The molecule has 8 nitrogen and oxygen atoms in total. The fourth-order valence-electron chi connectivity index (χ4n) is 3.88. The van der Waals surface area contributed by atoms with E-state index in [1.165, 1.54) is 16.8 Å². The first-order valence-electron chi connectivity index (χ1n) is 12.2. The number of carbonyl (C=O) groups is 1. The Bertz CT molecular complexity index is 1440. The number of nitrogens with zero attached hydrogens (tertiary/aromatic N) is 3. The topological polar surface area (TPSA) is 96.6 Å². The molecule has 9 heteroatoms. The number of rotatable bonds is 9. The van der Waals surface area contributed by atoms with E-state index in [-0.39, 0.29) is 24.1 Å². The van der Waals surface area contributed by atoms with E-state index in [1.54, 1.807) is 12.1 Å². The van der Waals surface area contributed by atoms with Gasteiger partial charge in [-0.1, -0.05) is 54.6 Å². The Morgan fingerprint density at radius 1 is 1.00 bits per heavy atom. The molecule has 0 spiro atoms. The van der Waals surface area contributed by atoms with Gasteiger partial charge in [0.1, 0.15) is 23.5 Å². The van der Waals surface area contributed by atoms with Crippen LogP contribution < -0.4 is 14.2 Å². The number of para-hydroxylation sites is 1. The summed E-state index contributed by atoms with van der Waals surface area (Å²) >= 11 is 1.22. The predicted molar refractivity (Wildman–Crippen MR) is 150 cm³/mol. The number of amidine groups is 2. The third kappa shape index (κ3) is 5.63. The Kier molecular flexibility index (Phi) is 7.55. The van der Waals surface area contributed by atoms with Crippen molar-refractivity contribution in [3.8, 4) is 17.2 Å².